The van der Waals surface area contributed by atoms with Gasteiger partial charge in [-0.3, -0.25) is 4.55 Å². The number of ether oxygens (including phenoxy) is 2. The minimum absolute atomic E-state index is 0.0300. The summed E-state index contributed by atoms with van der Waals surface area (Å²) in [6.45, 7) is 5.13. The second kappa shape index (κ2) is 9.96. The molecule has 14 atom stereocenters. The van der Waals surface area contributed by atoms with Gasteiger partial charge >= 0.3 is 0 Å². The summed E-state index contributed by atoms with van der Waals surface area (Å²) >= 11 is 0. The Bertz CT molecular complexity index is 1080. The molecule has 4 fully saturated rings. The molecule has 0 aromatic heterocycles. The summed E-state index contributed by atoms with van der Waals surface area (Å²) in [5.41, 5.74) is 1.11. The van der Waals surface area contributed by atoms with Gasteiger partial charge in [0.15, 0.2) is 6.29 Å². The zero-order valence-corrected chi connectivity index (χ0v) is 23.6. The van der Waals surface area contributed by atoms with Crippen LogP contribution in [0.25, 0.3) is 0 Å². The lowest BCUT2D eigenvalue weighted by molar-refractivity contribution is -0.282. The van der Waals surface area contributed by atoms with Crippen LogP contribution in [0.3, 0.4) is 0 Å². The minimum Gasteiger partial charge on any atom is -0.393 e. The fraction of sp³-hybridized carbons (Fsp3) is 0.926. The maximum atomic E-state index is 11.6. The number of aliphatic hydroxyl groups excluding tert-OH is 5. The van der Waals surface area contributed by atoms with Crippen molar-refractivity contribution in [3.63, 3.8) is 0 Å². The highest BCUT2D eigenvalue weighted by Gasteiger charge is 2.63. The van der Waals surface area contributed by atoms with E-state index in [-0.39, 0.29) is 28.8 Å². The number of allylic oxidation sites excluding steroid dienone is 1. The van der Waals surface area contributed by atoms with Crippen LogP contribution in [0.2, 0.25) is 0 Å². The predicted molar refractivity (Wildman–Crippen MR) is 137 cm³/mol. The molecule has 1 aliphatic heterocycles. The van der Waals surface area contributed by atoms with Crippen LogP contribution < -0.4 is 0 Å². The first-order valence-electron chi connectivity index (χ1n) is 14.1. The molecule has 1 heterocycles. The van der Waals surface area contributed by atoms with Gasteiger partial charge in [0.25, 0.3) is 10.1 Å². The highest BCUT2D eigenvalue weighted by molar-refractivity contribution is 7.87. The molecule has 0 aromatic carbocycles. The van der Waals surface area contributed by atoms with E-state index in [1.54, 1.807) is 6.92 Å². The highest BCUT2D eigenvalue weighted by atomic mass is 32.2. The molecule has 39 heavy (non-hydrogen) atoms. The van der Waals surface area contributed by atoms with Crippen LogP contribution in [0.1, 0.15) is 65.7 Å². The molecule has 12 heteroatoms. The second-order valence-electron chi connectivity index (χ2n) is 13.3. The van der Waals surface area contributed by atoms with Gasteiger partial charge in [0.05, 0.1) is 24.9 Å². The number of rotatable bonds is 5. The molecule has 4 aliphatic carbocycles. The number of fused-ring (bicyclic) bond motifs is 5. The molecule has 7 N–H and O–H groups in total. The van der Waals surface area contributed by atoms with Crippen LogP contribution in [-0.2, 0) is 19.6 Å². The molecule has 0 radical (unpaired) electrons. The van der Waals surface area contributed by atoms with Crippen molar-refractivity contribution in [1.29, 1.82) is 0 Å². The first kappa shape index (κ1) is 29.8. The topological polar surface area (TPSA) is 194 Å². The van der Waals surface area contributed by atoms with Crippen LogP contribution >= 0.6 is 0 Å². The van der Waals surface area contributed by atoms with Crippen molar-refractivity contribution in [2.24, 2.45) is 34.5 Å². The Hall–Kier alpha value is -0.670. The minimum atomic E-state index is -5.20. The molecule has 0 bridgehead atoms. The molecule has 0 amide bonds. The molecule has 0 spiro atoms. The Kier molecular flexibility index (Phi) is 7.61. The largest absolute Gasteiger partial charge is 0.393 e. The summed E-state index contributed by atoms with van der Waals surface area (Å²) in [4.78, 5) is -3.14. The molecular weight excluding hydrogens is 532 g/mol. The van der Waals surface area contributed by atoms with E-state index in [0.717, 1.165) is 38.5 Å². The van der Waals surface area contributed by atoms with Gasteiger partial charge in [-0.1, -0.05) is 25.5 Å². The van der Waals surface area contributed by atoms with Gasteiger partial charge in [0.1, 0.15) is 18.3 Å². The van der Waals surface area contributed by atoms with Crippen LogP contribution in [0.5, 0.6) is 0 Å². The Morgan fingerprint density at radius 1 is 1.10 bits per heavy atom. The van der Waals surface area contributed by atoms with E-state index < -0.39 is 58.5 Å². The van der Waals surface area contributed by atoms with Crippen molar-refractivity contribution in [3.8, 4) is 0 Å². The molecule has 0 aromatic rings. The first-order chi connectivity index (χ1) is 18.0. The summed E-state index contributed by atoms with van der Waals surface area (Å²) < 4.78 is 43.7. The molecule has 224 valence electrons. The van der Waals surface area contributed by atoms with E-state index in [2.05, 4.69) is 19.9 Å². The van der Waals surface area contributed by atoms with Crippen molar-refractivity contribution in [3.05, 3.63) is 11.6 Å². The van der Waals surface area contributed by atoms with Gasteiger partial charge in [-0.05, 0) is 80.5 Å². The third kappa shape index (κ3) is 4.54. The van der Waals surface area contributed by atoms with Crippen molar-refractivity contribution >= 4 is 10.1 Å². The summed E-state index contributed by atoms with van der Waals surface area (Å²) in [5.74, 6) is 0.660. The van der Waals surface area contributed by atoms with Crippen LogP contribution in [0.4, 0.5) is 0 Å². The zero-order chi connectivity index (χ0) is 28.7. The number of hydrogen-bond acceptors (Lipinski definition) is 10. The zero-order valence-electron chi connectivity index (χ0n) is 22.8. The molecule has 3 saturated carbocycles. The summed E-state index contributed by atoms with van der Waals surface area (Å²) in [6.07, 6.45) is -1.38. The molecule has 11 nitrogen and oxygen atoms in total. The molecule has 1 saturated heterocycles. The SMILES string of the molecule is CC(O)[C@H]1C(OC(O)[C@H]2OC[C@@](O)(S(=O)(=O)O)[C@@H](O)[C@@H]2O)C[C@H]2[C@@H]3CC=C4CC(O)CC[C@]4(C)[C@H]3CC[C@]12C. The standard InChI is InChI=1S/C27H44O11S/c1-13(28)20-19(38-24(32)22-21(30)23(31)27(33,12-37-22)39(34,35)36)11-18-16-5-4-14-10-15(29)6-8-25(14,2)17(16)7-9-26(18,20)3/h4,13,15-24,28-33H,5-12H2,1-3H3,(H,34,35,36)/t13?,15?,16-,17+,18+,19?,20+,21-,22+,23+,24?,25+,26+,27-/m1/s1. The van der Waals surface area contributed by atoms with Crippen molar-refractivity contribution < 1.29 is 53.1 Å². The maximum Gasteiger partial charge on any atom is 0.300 e. The molecule has 5 aliphatic rings. The lowest BCUT2D eigenvalue weighted by Crippen LogP contribution is -2.66. The Balaban J connectivity index is 1.36. The highest BCUT2D eigenvalue weighted by Crippen LogP contribution is 2.67. The third-order valence-electron chi connectivity index (χ3n) is 11.3. The van der Waals surface area contributed by atoms with Crippen LogP contribution in [-0.4, -0.2) is 98.1 Å². The van der Waals surface area contributed by atoms with Crippen LogP contribution in [0.15, 0.2) is 11.6 Å². The second-order valence-corrected chi connectivity index (χ2v) is 15.0. The van der Waals surface area contributed by atoms with Crippen LogP contribution in [0, 0.1) is 34.5 Å². The van der Waals surface area contributed by atoms with Gasteiger partial charge in [0.2, 0.25) is 4.93 Å². The van der Waals surface area contributed by atoms with E-state index >= 15 is 0 Å². The lowest BCUT2D eigenvalue weighted by Gasteiger charge is -2.58. The Morgan fingerprint density at radius 3 is 2.44 bits per heavy atom. The maximum absolute atomic E-state index is 11.6. The normalized spacial score (nSPS) is 51.7. The van der Waals surface area contributed by atoms with E-state index in [4.69, 9.17) is 9.47 Å². The average molecular weight is 577 g/mol. The van der Waals surface area contributed by atoms with E-state index in [1.165, 1.54) is 5.57 Å². The van der Waals surface area contributed by atoms with Crippen molar-refractivity contribution in [2.75, 3.05) is 6.61 Å². The third-order valence-corrected chi connectivity index (χ3v) is 12.6. The average Bonchev–Trinajstić information content (AvgIpc) is 3.14. The summed E-state index contributed by atoms with van der Waals surface area (Å²) in [5, 5.41) is 63.1. The smallest absolute Gasteiger partial charge is 0.300 e. The Labute approximate surface area is 229 Å². The summed E-state index contributed by atoms with van der Waals surface area (Å²) in [7, 11) is -5.20. The van der Waals surface area contributed by atoms with E-state index in [1.807, 2.05) is 0 Å². The number of hydrogen-bond donors (Lipinski definition) is 7. The lowest BCUT2D eigenvalue weighted by atomic mass is 9.47. The van der Waals surface area contributed by atoms with Gasteiger partial charge < -0.3 is 40.1 Å². The van der Waals surface area contributed by atoms with E-state index in [0.29, 0.717) is 18.3 Å². The van der Waals surface area contributed by atoms with Gasteiger partial charge in [-0.15, -0.1) is 0 Å². The fourth-order valence-corrected chi connectivity index (χ4v) is 9.91. The van der Waals surface area contributed by atoms with Crippen molar-refractivity contribution in [1.82, 2.24) is 0 Å². The van der Waals surface area contributed by atoms with Gasteiger partial charge in [0, 0.05) is 5.92 Å². The van der Waals surface area contributed by atoms with Crippen molar-refractivity contribution in [2.45, 2.75) is 114 Å². The van der Waals surface area contributed by atoms with Gasteiger partial charge in [-0.2, -0.15) is 8.42 Å². The van der Waals surface area contributed by atoms with Gasteiger partial charge in [-0.25, -0.2) is 0 Å². The molecular formula is C27H44O11S. The predicted octanol–water partition coefficient (Wildman–Crippen LogP) is 0.318. The Morgan fingerprint density at radius 2 is 1.79 bits per heavy atom. The summed E-state index contributed by atoms with van der Waals surface area (Å²) in [6, 6.07) is 0. The number of aliphatic hydroxyl groups is 6. The quantitative estimate of drug-likeness (QED) is 0.135. The molecule has 4 unspecified atom stereocenters. The molecule has 5 rings (SSSR count). The monoisotopic (exact) mass is 576 g/mol. The fourth-order valence-electron chi connectivity index (χ4n) is 9.25. The first-order valence-corrected chi connectivity index (χ1v) is 15.5. The van der Waals surface area contributed by atoms with E-state index in [9.17, 15) is 43.6 Å².